The summed E-state index contributed by atoms with van der Waals surface area (Å²) in [6, 6.07) is 0.258. The summed E-state index contributed by atoms with van der Waals surface area (Å²) in [5, 5.41) is 16.7. The van der Waals surface area contributed by atoms with Crippen molar-refractivity contribution in [3.05, 3.63) is 5.89 Å². The quantitative estimate of drug-likeness (QED) is 0.622. The predicted molar refractivity (Wildman–Crippen MR) is 72.0 cm³/mol. The summed E-state index contributed by atoms with van der Waals surface area (Å²) in [4.78, 5) is 12.7. The molecule has 0 aliphatic rings. The maximum Gasteiger partial charge on any atom is 0.316 e. The Labute approximate surface area is 112 Å². The molecule has 108 valence electrons. The second kappa shape index (κ2) is 7.57. The van der Waals surface area contributed by atoms with Gasteiger partial charge >= 0.3 is 12.0 Å². The van der Waals surface area contributed by atoms with Gasteiger partial charge in [0.25, 0.3) is 0 Å². The summed E-state index contributed by atoms with van der Waals surface area (Å²) in [6.45, 7) is 5.81. The van der Waals surface area contributed by atoms with Gasteiger partial charge in [0.15, 0.2) is 0 Å². The number of nitrogens with one attached hydrogen (secondary N) is 3. The molecular formula is C11H22N6O2. The topological polar surface area (TPSA) is 95.3 Å². The number of urea groups is 1. The van der Waals surface area contributed by atoms with E-state index in [2.05, 4.69) is 26.1 Å². The van der Waals surface area contributed by atoms with Gasteiger partial charge in [0.05, 0.1) is 6.04 Å². The normalized spacial score (nSPS) is 12.0. The fourth-order valence-electron chi connectivity index (χ4n) is 1.37. The van der Waals surface area contributed by atoms with E-state index < -0.39 is 0 Å². The lowest BCUT2D eigenvalue weighted by Gasteiger charge is -2.11. The van der Waals surface area contributed by atoms with Crippen molar-refractivity contribution in [1.82, 2.24) is 25.7 Å². The van der Waals surface area contributed by atoms with Crippen LogP contribution in [0.5, 0.6) is 0 Å². The summed E-state index contributed by atoms with van der Waals surface area (Å²) in [5.41, 5.74) is 0. The fourth-order valence-corrected chi connectivity index (χ4v) is 1.37. The van der Waals surface area contributed by atoms with Crippen LogP contribution in [0.3, 0.4) is 0 Å². The van der Waals surface area contributed by atoms with E-state index >= 15 is 0 Å². The van der Waals surface area contributed by atoms with Crippen LogP contribution >= 0.6 is 0 Å². The third kappa shape index (κ3) is 5.12. The van der Waals surface area contributed by atoms with Crippen LogP contribution in [0.1, 0.15) is 25.8 Å². The zero-order valence-electron chi connectivity index (χ0n) is 11.9. The molecule has 2 amide bonds. The van der Waals surface area contributed by atoms with Crippen molar-refractivity contribution >= 4 is 12.0 Å². The minimum absolute atomic E-state index is 0.0292. The summed E-state index contributed by atoms with van der Waals surface area (Å²) in [5.74, 6) is 0.543. The van der Waals surface area contributed by atoms with Crippen molar-refractivity contribution in [2.24, 2.45) is 0 Å². The van der Waals surface area contributed by atoms with Gasteiger partial charge in [0.1, 0.15) is 0 Å². The van der Waals surface area contributed by atoms with Gasteiger partial charge in [-0.3, -0.25) is 0 Å². The maximum atomic E-state index is 11.2. The number of amides is 2. The van der Waals surface area contributed by atoms with E-state index in [0.717, 1.165) is 6.54 Å². The van der Waals surface area contributed by atoms with Gasteiger partial charge < -0.3 is 25.3 Å². The summed E-state index contributed by atoms with van der Waals surface area (Å²) >= 11 is 0. The number of aromatic nitrogens is 2. The standard InChI is InChI=1S/C11H22N6O2/c1-5-12-8(2)9-15-16-10(19-9)13-6-7-14-11(18)17(3)4/h8,12H,5-7H2,1-4H3,(H,13,16)(H,14,18). The Bertz CT molecular complexity index is 392. The Morgan fingerprint density at radius 1 is 1.37 bits per heavy atom. The number of carbonyl (C=O) groups excluding carboxylic acids is 1. The number of hydrogen-bond acceptors (Lipinski definition) is 6. The molecule has 1 heterocycles. The number of carbonyl (C=O) groups is 1. The third-order valence-corrected chi connectivity index (χ3v) is 2.40. The lowest BCUT2D eigenvalue weighted by Crippen LogP contribution is -2.37. The van der Waals surface area contributed by atoms with E-state index in [4.69, 9.17) is 4.42 Å². The molecule has 1 rings (SSSR count). The van der Waals surface area contributed by atoms with Gasteiger partial charge in [-0.15, -0.1) is 5.10 Å². The molecule has 0 aromatic carbocycles. The van der Waals surface area contributed by atoms with Crippen LogP contribution in [0.4, 0.5) is 10.8 Å². The number of rotatable bonds is 7. The first kappa shape index (κ1) is 15.2. The number of hydrogen-bond donors (Lipinski definition) is 3. The van der Waals surface area contributed by atoms with Gasteiger partial charge in [-0.25, -0.2) is 4.79 Å². The molecule has 0 saturated heterocycles. The third-order valence-electron chi connectivity index (χ3n) is 2.40. The van der Waals surface area contributed by atoms with Gasteiger partial charge in [0, 0.05) is 27.2 Å². The van der Waals surface area contributed by atoms with Crippen LogP contribution in [0, 0.1) is 0 Å². The molecule has 1 unspecified atom stereocenters. The molecule has 0 aliphatic heterocycles. The van der Waals surface area contributed by atoms with E-state index in [9.17, 15) is 4.79 Å². The number of anilines is 1. The Hall–Kier alpha value is -1.83. The average molecular weight is 270 g/mol. The Morgan fingerprint density at radius 2 is 2.11 bits per heavy atom. The zero-order chi connectivity index (χ0) is 14.3. The van der Waals surface area contributed by atoms with Gasteiger partial charge in [-0.1, -0.05) is 12.0 Å². The molecule has 0 radical (unpaired) electrons. The fraction of sp³-hybridized carbons (Fsp3) is 0.727. The largest absolute Gasteiger partial charge is 0.406 e. The second-order valence-corrected chi connectivity index (χ2v) is 4.28. The van der Waals surface area contributed by atoms with E-state index in [1.807, 2.05) is 13.8 Å². The smallest absolute Gasteiger partial charge is 0.316 e. The van der Waals surface area contributed by atoms with Crippen molar-refractivity contribution < 1.29 is 9.21 Å². The first-order chi connectivity index (χ1) is 9.04. The maximum absolute atomic E-state index is 11.2. The van der Waals surface area contributed by atoms with Crippen LogP contribution in [0.25, 0.3) is 0 Å². The summed E-state index contributed by atoms with van der Waals surface area (Å²) < 4.78 is 5.43. The Balaban J connectivity index is 2.29. The van der Waals surface area contributed by atoms with Gasteiger partial charge in [-0.05, 0) is 13.5 Å². The minimum Gasteiger partial charge on any atom is -0.406 e. The summed E-state index contributed by atoms with van der Waals surface area (Å²) in [6.07, 6.45) is 0. The van der Waals surface area contributed by atoms with Crippen molar-refractivity contribution in [3.63, 3.8) is 0 Å². The van der Waals surface area contributed by atoms with Gasteiger partial charge in [0.2, 0.25) is 5.89 Å². The van der Waals surface area contributed by atoms with Crippen molar-refractivity contribution in [1.29, 1.82) is 0 Å². The van der Waals surface area contributed by atoms with Crippen LogP contribution < -0.4 is 16.0 Å². The highest BCUT2D eigenvalue weighted by molar-refractivity contribution is 5.73. The Kier molecular flexibility index (Phi) is 6.07. The van der Waals surface area contributed by atoms with Crippen LogP contribution in [0.15, 0.2) is 4.42 Å². The molecule has 0 aliphatic carbocycles. The molecule has 1 aromatic rings. The molecule has 0 spiro atoms. The molecule has 1 atom stereocenters. The average Bonchev–Trinajstić information content (AvgIpc) is 2.83. The van der Waals surface area contributed by atoms with Crippen LogP contribution in [-0.2, 0) is 0 Å². The van der Waals surface area contributed by atoms with Gasteiger partial charge in [-0.2, -0.15) is 0 Å². The zero-order valence-corrected chi connectivity index (χ0v) is 11.9. The molecule has 1 aromatic heterocycles. The van der Waals surface area contributed by atoms with Crippen LogP contribution in [-0.4, -0.2) is 54.9 Å². The van der Waals surface area contributed by atoms with E-state index in [1.54, 1.807) is 14.1 Å². The highest BCUT2D eigenvalue weighted by Gasteiger charge is 2.12. The first-order valence-corrected chi connectivity index (χ1v) is 6.30. The van der Waals surface area contributed by atoms with Crippen molar-refractivity contribution in [3.8, 4) is 0 Å². The molecule has 0 bridgehead atoms. The van der Waals surface area contributed by atoms with Crippen LogP contribution in [0.2, 0.25) is 0 Å². The molecule has 19 heavy (non-hydrogen) atoms. The van der Waals surface area contributed by atoms with Crippen molar-refractivity contribution in [2.45, 2.75) is 19.9 Å². The first-order valence-electron chi connectivity index (χ1n) is 6.30. The lowest BCUT2D eigenvalue weighted by atomic mass is 10.3. The molecule has 0 saturated carbocycles. The number of nitrogens with zero attached hydrogens (tertiary/aromatic N) is 3. The highest BCUT2D eigenvalue weighted by atomic mass is 16.4. The highest BCUT2D eigenvalue weighted by Crippen LogP contribution is 2.12. The van der Waals surface area contributed by atoms with E-state index in [0.29, 0.717) is 25.0 Å². The molecular weight excluding hydrogens is 248 g/mol. The minimum atomic E-state index is -0.131. The SMILES string of the molecule is CCNC(C)c1nnc(NCCNC(=O)N(C)C)o1. The summed E-state index contributed by atoms with van der Waals surface area (Å²) in [7, 11) is 3.38. The Morgan fingerprint density at radius 3 is 2.74 bits per heavy atom. The molecule has 8 heteroatoms. The second-order valence-electron chi connectivity index (χ2n) is 4.28. The lowest BCUT2D eigenvalue weighted by molar-refractivity contribution is 0.218. The van der Waals surface area contributed by atoms with E-state index in [1.165, 1.54) is 4.90 Å². The predicted octanol–water partition coefficient (Wildman–Crippen LogP) is 0.423. The molecule has 3 N–H and O–H groups in total. The van der Waals surface area contributed by atoms with Crippen molar-refractivity contribution in [2.75, 3.05) is 39.0 Å². The molecule has 0 fully saturated rings. The monoisotopic (exact) mass is 270 g/mol. The van der Waals surface area contributed by atoms with E-state index in [-0.39, 0.29) is 12.1 Å². The molecule has 8 nitrogen and oxygen atoms in total.